The second-order valence-corrected chi connectivity index (χ2v) is 6.80. The van der Waals surface area contributed by atoms with Crippen LogP contribution in [0.5, 0.6) is 0 Å². The molecule has 0 saturated carbocycles. The number of hydrogen-bond acceptors (Lipinski definition) is 4. The van der Waals surface area contributed by atoms with Gasteiger partial charge in [0.2, 0.25) is 5.91 Å². The van der Waals surface area contributed by atoms with Crippen LogP contribution in [-0.4, -0.2) is 74.0 Å². The number of nitrogens with zero attached hydrogens (tertiary/aromatic N) is 3. The molecule has 1 unspecified atom stereocenters. The monoisotopic (exact) mass is 352 g/mol. The summed E-state index contributed by atoms with van der Waals surface area (Å²) in [5.41, 5.74) is 0. The number of guanidine groups is 1. The van der Waals surface area contributed by atoms with Crippen molar-refractivity contribution in [1.82, 2.24) is 15.1 Å². The summed E-state index contributed by atoms with van der Waals surface area (Å²) >= 11 is 0. The summed E-state index contributed by atoms with van der Waals surface area (Å²) in [5.74, 6) is 1.07. The summed E-state index contributed by atoms with van der Waals surface area (Å²) in [6.07, 6.45) is 5.19. The number of rotatable bonds is 6. The predicted molar refractivity (Wildman–Crippen MR) is 97.3 cm³/mol. The third-order valence-corrected chi connectivity index (χ3v) is 5.32. The topological polar surface area (TPSA) is 74.2 Å². The first-order valence-electron chi connectivity index (χ1n) is 9.43. The lowest BCUT2D eigenvalue weighted by molar-refractivity contribution is -0.146. The van der Waals surface area contributed by atoms with Crippen molar-refractivity contribution in [1.29, 1.82) is 0 Å². The number of aliphatic imine (C=N–C) groups is 1. The maximum absolute atomic E-state index is 11.9. The van der Waals surface area contributed by atoms with Gasteiger partial charge in [-0.1, -0.05) is 6.92 Å². The highest BCUT2D eigenvalue weighted by Gasteiger charge is 2.28. The molecule has 0 aromatic rings. The second-order valence-electron chi connectivity index (χ2n) is 6.80. The van der Waals surface area contributed by atoms with E-state index in [1.807, 2.05) is 4.90 Å². The van der Waals surface area contributed by atoms with Gasteiger partial charge in [0, 0.05) is 45.7 Å². The molecular weight excluding hydrogens is 320 g/mol. The van der Waals surface area contributed by atoms with E-state index in [0.29, 0.717) is 18.4 Å². The Morgan fingerprint density at radius 3 is 2.60 bits per heavy atom. The summed E-state index contributed by atoms with van der Waals surface area (Å²) in [6.45, 7) is 5.45. The van der Waals surface area contributed by atoms with Crippen LogP contribution in [0.15, 0.2) is 4.99 Å². The van der Waals surface area contributed by atoms with Crippen molar-refractivity contribution < 1.29 is 14.3 Å². The number of carbonyl (C=O) groups is 2. The number of hydrogen-bond donors (Lipinski definition) is 1. The Labute approximate surface area is 150 Å². The Morgan fingerprint density at radius 2 is 2.08 bits per heavy atom. The van der Waals surface area contributed by atoms with Gasteiger partial charge in [0.15, 0.2) is 5.96 Å². The highest BCUT2D eigenvalue weighted by Crippen LogP contribution is 2.19. The van der Waals surface area contributed by atoms with Crippen LogP contribution in [0.4, 0.5) is 0 Å². The molecule has 0 aromatic carbocycles. The summed E-state index contributed by atoms with van der Waals surface area (Å²) in [6, 6.07) is 0.311. The van der Waals surface area contributed by atoms with Crippen molar-refractivity contribution in [2.45, 2.75) is 51.5 Å². The lowest BCUT2D eigenvalue weighted by Gasteiger charge is -2.33. The molecule has 0 aliphatic carbocycles. The zero-order valence-electron chi connectivity index (χ0n) is 15.8. The fourth-order valence-corrected chi connectivity index (χ4v) is 3.81. The number of nitrogens with one attached hydrogen (secondary N) is 1. The van der Waals surface area contributed by atoms with Crippen LogP contribution in [0.3, 0.4) is 0 Å². The van der Waals surface area contributed by atoms with Crippen molar-refractivity contribution in [2.75, 3.05) is 40.3 Å². The average molecular weight is 352 g/mol. The van der Waals surface area contributed by atoms with Crippen LogP contribution < -0.4 is 5.32 Å². The minimum Gasteiger partial charge on any atom is -0.469 e. The number of likely N-dealkylation sites (tertiary alicyclic amines) is 2. The van der Waals surface area contributed by atoms with Gasteiger partial charge in [-0.2, -0.15) is 0 Å². The van der Waals surface area contributed by atoms with Gasteiger partial charge in [-0.25, -0.2) is 0 Å². The Morgan fingerprint density at radius 1 is 1.36 bits per heavy atom. The minimum absolute atomic E-state index is 0.00464. The van der Waals surface area contributed by atoms with Gasteiger partial charge in [0.25, 0.3) is 0 Å². The predicted octanol–water partition coefficient (Wildman–Crippen LogP) is 1.24. The first kappa shape index (κ1) is 19.5. The van der Waals surface area contributed by atoms with Crippen LogP contribution in [-0.2, 0) is 14.3 Å². The van der Waals surface area contributed by atoms with Crippen LogP contribution in [0.2, 0.25) is 0 Å². The van der Waals surface area contributed by atoms with Crippen LogP contribution in [0, 0.1) is 5.92 Å². The largest absolute Gasteiger partial charge is 0.469 e. The lowest BCUT2D eigenvalue weighted by Crippen LogP contribution is -2.47. The standard InChI is InChI=1S/C18H32N4O3/c1-4-15(22-11-5-6-16(22)23)7-10-20-18(19-2)21-12-8-14(9-13-21)17(24)25-3/h14-15H,4-13H2,1-3H3,(H,19,20). The summed E-state index contributed by atoms with van der Waals surface area (Å²) in [7, 11) is 3.24. The lowest BCUT2D eigenvalue weighted by atomic mass is 9.97. The summed E-state index contributed by atoms with van der Waals surface area (Å²) < 4.78 is 4.84. The second kappa shape index (κ2) is 9.63. The molecule has 2 fully saturated rings. The molecule has 7 nitrogen and oxygen atoms in total. The van der Waals surface area contributed by atoms with Gasteiger partial charge >= 0.3 is 5.97 Å². The zero-order chi connectivity index (χ0) is 18.2. The van der Waals surface area contributed by atoms with Gasteiger partial charge in [0.05, 0.1) is 13.0 Å². The molecule has 7 heteroatoms. The van der Waals surface area contributed by atoms with Crippen molar-refractivity contribution in [3.8, 4) is 0 Å². The number of ether oxygens (including phenoxy) is 1. The molecule has 0 aromatic heterocycles. The number of carbonyl (C=O) groups excluding carboxylic acids is 2. The average Bonchev–Trinajstić information content (AvgIpc) is 3.07. The Hall–Kier alpha value is -1.79. The smallest absolute Gasteiger partial charge is 0.308 e. The van der Waals surface area contributed by atoms with Gasteiger partial charge in [-0.05, 0) is 32.1 Å². The Balaban J connectivity index is 1.77. The quantitative estimate of drug-likeness (QED) is 0.442. The number of methoxy groups -OCH3 is 1. The maximum Gasteiger partial charge on any atom is 0.308 e. The van der Waals surface area contributed by atoms with Gasteiger partial charge < -0.3 is 19.9 Å². The molecule has 2 saturated heterocycles. The van der Waals surface area contributed by atoms with Crippen molar-refractivity contribution in [3.05, 3.63) is 0 Å². The first-order chi connectivity index (χ1) is 12.1. The fraction of sp³-hybridized carbons (Fsp3) is 0.833. The van der Waals surface area contributed by atoms with Crippen molar-refractivity contribution in [2.24, 2.45) is 10.9 Å². The molecule has 2 rings (SSSR count). The van der Waals surface area contributed by atoms with E-state index in [9.17, 15) is 9.59 Å². The molecule has 2 aliphatic rings. The fourth-order valence-electron chi connectivity index (χ4n) is 3.81. The molecule has 0 bridgehead atoms. The van der Waals surface area contributed by atoms with E-state index < -0.39 is 0 Å². The molecule has 1 atom stereocenters. The van der Waals surface area contributed by atoms with Gasteiger partial charge in [-0.15, -0.1) is 0 Å². The van der Waals surface area contributed by atoms with E-state index in [0.717, 1.165) is 64.2 Å². The van der Waals surface area contributed by atoms with Crippen molar-refractivity contribution >= 4 is 17.8 Å². The zero-order valence-corrected chi connectivity index (χ0v) is 15.8. The molecule has 25 heavy (non-hydrogen) atoms. The van der Waals surface area contributed by atoms with E-state index in [4.69, 9.17) is 4.74 Å². The van der Waals surface area contributed by atoms with Crippen LogP contribution in [0.1, 0.15) is 45.4 Å². The molecule has 0 spiro atoms. The van der Waals surface area contributed by atoms with E-state index in [1.165, 1.54) is 7.11 Å². The van der Waals surface area contributed by atoms with E-state index >= 15 is 0 Å². The number of amides is 1. The SMILES string of the molecule is CCC(CCNC(=NC)N1CCC(C(=O)OC)CC1)N1CCCC1=O. The first-order valence-corrected chi connectivity index (χ1v) is 9.43. The number of piperidine rings is 1. The Kier molecular flexibility index (Phi) is 7.52. The van der Waals surface area contributed by atoms with E-state index in [2.05, 4.69) is 22.1 Å². The third-order valence-electron chi connectivity index (χ3n) is 5.32. The van der Waals surface area contributed by atoms with E-state index in [-0.39, 0.29) is 11.9 Å². The third kappa shape index (κ3) is 5.09. The molecule has 2 heterocycles. The van der Waals surface area contributed by atoms with Crippen LogP contribution in [0.25, 0.3) is 0 Å². The highest BCUT2D eigenvalue weighted by molar-refractivity contribution is 5.80. The summed E-state index contributed by atoms with van der Waals surface area (Å²) in [5, 5.41) is 3.42. The normalized spacial score (nSPS) is 20.8. The molecule has 1 N–H and O–H groups in total. The minimum atomic E-state index is -0.108. The Bertz CT molecular complexity index is 487. The van der Waals surface area contributed by atoms with Crippen molar-refractivity contribution in [3.63, 3.8) is 0 Å². The van der Waals surface area contributed by atoms with E-state index in [1.54, 1.807) is 7.05 Å². The molecular formula is C18H32N4O3. The molecule has 2 aliphatic heterocycles. The molecule has 142 valence electrons. The van der Waals surface area contributed by atoms with Crippen LogP contribution >= 0.6 is 0 Å². The number of esters is 1. The molecule has 0 radical (unpaired) electrons. The highest BCUT2D eigenvalue weighted by atomic mass is 16.5. The summed E-state index contributed by atoms with van der Waals surface area (Å²) in [4.78, 5) is 32.1. The molecule has 1 amide bonds. The van der Waals surface area contributed by atoms with Gasteiger partial charge in [-0.3, -0.25) is 14.6 Å². The maximum atomic E-state index is 11.9. The van der Waals surface area contributed by atoms with Gasteiger partial charge in [0.1, 0.15) is 0 Å².